The maximum atomic E-state index is 13.7. The SMILES string of the molecule is [2H]C([2H])([2H])OCCCn1cc(-c2ccc3c(c2)N(Cc2ccc(OC)cc2)C(=O)CC(c2ncc(C)o2)=C3)cn1. The van der Waals surface area contributed by atoms with Crippen LogP contribution >= 0.6 is 0 Å². The summed E-state index contributed by atoms with van der Waals surface area (Å²) >= 11 is 0. The highest BCUT2D eigenvalue weighted by Crippen LogP contribution is 2.36. The molecule has 2 aromatic heterocycles. The van der Waals surface area contributed by atoms with Crippen molar-refractivity contribution in [1.29, 1.82) is 0 Å². The van der Waals surface area contributed by atoms with Gasteiger partial charge < -0.3 is 18.8 Å². The number of nitrogens with zero attached hydrogens (tertiary/aromatic N) is 4. The number of carbonyl (C=O) groups is 1. The van der Waals surface area contributed by atoms with E-state index in [4.69, 9.17) is 18.0 Å². The van der Waals surface area contributed by atoms with Crippen molar-refractivity contribution in [2.75, 3.05) is 25.7 Å². The van der Waals surface area contributed by atoms with E-state index >= 15 is 0 Å². The van der Waals surface area contributed by atoms with Gasteiger partial charge in [-0.1, -0.05) is 24.3 Å². The van der Waals surface area contributed by atoms with E-state index in [1.165, 1.54) is 0 Å². The molecular weight excluding hydrogens is 468 g/mol. The second-order valence-corrected chi connectivity index (χ2v) is 8.92. The Balaban J connectivity index is 1.45. The van der Waals surface area contributed by atoms with Gasteiger partial charge in [0.25, 0.3) is 0 Å². The van der Waals surface area contributed by atoms with E-state index in [9.17, 15) is 4.79 Å². The average molecular weight is 502 g/mol. The van der Waals surface area contributed by atoms with E-state index in [2.05, 4.69) is 10.1 Å². The summed E-state index contributed by atoms with van der Waals surface area (Å²) in [6.45, 7) is 2.84. The van der Waals surface area contributed by atoms with Gasteiger partial charge in [-0.3, -0.25) is 9.48 Å². The molecule has 0 unspecified atom stereocenters. The molecule has 0 N–H and O–H groups in total. The largest absolute Gasteiger partial charge is 0.497 e. The zero-order chi connectivity index (χ0) is 28.3. The Kier molecular flexibility index (Phi) is 6.14. The summed E-state index contributed by atoms with van der Waals surface area (Å²) in [6, 6.07) is 13.6. The van der Waals surface area contributed by atoms with E-state index in [1.54, 1.807) is 29.1 Å². The molecule has 0 radical (unpaired) electrons. The molecule has 0 atom stereocenters. The highest BCUT2D eigenvalue weighted by molar-refractivity contribution is 6.06. The normalized spacial score (nSPS) is 14.9. The van der Waals surface area contributed by atoms with Gasteiger partial charge in [-0.2, -0.15) is 5.10 Å². The fourth-order valence-corrected chi connectivity index (χ4v) is 4.37. The van der Waals surface area contributed by atoms with Gasteiger partial charge in [-0.05, 0) is 54.3 Å². The third-order valence-corrected chi connectivity index (χ3v) is 6.29. The molecule has 4 aromatic rings. The van der Waals surface area contributed by atoms with Crippen LogP contribution in [0, 0.1) is 6.92 Å². The summed E-state index contributed by atoms with van der Waals surface area (Å²) in [5, 5.41) is 4.42. The predicted molar refractivity (Wildman–Crippen MR) is 142 cm³/mol. The maximum absolute atomic E-state index is 13.7. The maximum Gasteiger partial charge on any atom is 0.231 e. The number of amides is 1. The number of rotatable bonds is 9. The number of ether oxygens (including phenoxy) is 2. The van der Waals surface area contributed by atoms with Crippen LogP contribution in [-0.2, 0) is 22.6 Å². The summed E-state index contributed by atoms with van der Waals surface area (Å²) in [7, 11) is -0.776. The molecule has 0 saturated carbocycles. The molecule has 0 saturated heterocycles. The lowest BCUT2D eigenvalue weighted by molar-refractivity contribution is -0.117. The molecule has 0 spiro atoms. The zero-order valence-electron chi connectivity index (χ0n) is 23.8. The van der Waals surface area contributed by atoms with Crippen LogP contribution in [0.5, 0.6) is 5.75 Å². The van der Waals surface area contributed by atoms with Crippen LogP contribution < -0.4 is 9.64 Å². The van der Waals surface area contributed by atoms with Crippen molar-refractivity contribution in [2.45, 2.75) is 32.9 Å². The van der Waals surface area contributed by atoms with Crippen molar-refractivity contribution in [3.63, 3.8) is 0 Å². The molecule has 2 aromatic carbocycles. The minimum absolute atomic E-state index is 0.0706. The molecule has 1 aliphatic heterocycles. The highest BCUT2D eigenvalue weighted by atomic mass is 16.5. The molecule has 0 bridgehead atoms. The van der Waals surface area contributed by atoms with Gasteiger partial charge in [0.05, 0.1) is 42.3 Å². The van der Waals surface area contributed by atoms with Crippen LogP contribution in [-0.4, -0.2) is 41.4 Å². The van der Waals surface area contributed by atoms with Gasteiger partial charge in [0, 0.05) is 37.5 Å². The van der Waals surface area contributed by atoms with Crippen molar-refractivity contribution >= 4 is 23.2 Å². The lowest BCUT2D eigenvalue weighted by Gasteiger charge is -2.24. The Hall–Kier alpha value is -4.17. The molecule has 0 fully saturated rings. The van der Waals surface area contributed by atoms with Crippen molar-refractivity contribution in [3.05, 3.63) is 83.8 Å². The quantitative estimate of drug-likeness (QED) is 0.287. The molecule has 3 heterocycles. The minimum atomic E-state index is -2.40. The first-order chi connectivity index (χ1) is 19.2. The molecule has 37 heavy (non-hydrogen) atoms. The van der Waals surface area contributed by atoms with Crippen LogP contribution in [0.2, 0.25) is 0 Å². The lowest BCUT2D eigenvalue weighted by atomic mass is 10.0. The van der Waals surface area contributed by atoms with E-state index in [0.717, 1.165) is 39.3 Å². The number of anilines is 1. The third-order valence-electron chi connectivity index (χ3n) is 6.29. The number of hydrogen-bond acceptors (Lipinski definition) is 6. The van der Waals surface area contributed by atoms with Crippen molar-refractivity contribution in [3.8, 4) is 16.9 Å². The Morgan fingerprint density at radius 2 is 2.00 bits per heavy atom. The van der Waals surface area contributed by atoms with E-state index in [0.29, 0.717) is 31.2 Å². The summed E-state index contributed by atoms with van der Waals surface area (Å²) in [4.78, 5) is 19.8. The number of fused-ring (bicyclic) bond motifs is 1. The van der Waals surface area contributed by atoms with Gasteiger partial charge >= 0.3 is 0 Å². The number of aromatic nitrogens is 3. The minimum Gasteiger partial charge on any atom is -0.497 e. The number of oxazole rings is 1. The zero-order valence-corrected chi connectivity index (χ0v) is 20.8. The first kappa shape index (κ1) is 21.0. The molecule has 5 rings (SSSR count). The van der Waals surface area contributed by atoms with Crippen LogP contribution in [0.3, 0.4) is 0 Å². The van der Waals surface area contributed by atoms with Crippen molar-refractivity contribution in [2.24, 2.45) is 0 Å². The smallest absolute Gasteiger partial charge is 0.231 e. The molecule has 0 aliphatic carbocycles. The number of carbonyl (C=O) groups excluding carboxylic acids is 1. The molecule has 190 valence electrons. The topological polar surface area (TPSA) is 82.6 Å². The number of hydrogen-bond donors (Lipinski definition) is 0. The first-order valence-electron chi connectivity index (χ1n) is 13.6. The molecule has 8 heteroatoms. The lowest BCUT2D eigenvalue weighted by Crippen LogP contribution is -2.30. The molecule has 8 nitrogen and oxygen atoms in total. The Morgan fingerprint density at radius 3 is 2.76 bits per heavy atom. The van der Waals surface area contributed by atoms with E-state index in [1.807, 2.05) is 61.7 Å². The van der Waals surface area contributed by atoms with Crippen molar-refractivity contribution < 1.29 is 22.8 Å². The number of benzene rings is 2. The van der Waals surface area contributed by atoms with Crippen LogP contribution in [0.4, 0.5) is 5.69 Å². The third kappa shape index (κ3) is 5.49. The van der Waals surface area contributed by atoms with Gasteiger partial charge in [0.15, 0.2) is 0 Å². The fourth-order valence-electron chi connectivity index (χ4n) is 4.37. The summed E-state index contributed by atoms with van der Waals surface area (Å²) in [6.07, 6.45) is 7.94. The Morgan fingerprint density at radius 1 is 1.14 bits per heavy atom. The highest BCUT2D eigenvalue weighted by Gasteiger charge is 2.26. The predicted octanol–water partition coefficient (Wildman–Crippen LogP) is 5.37. The van der Waals surface area contributed by atoms with E-state index < -0.39 is 7.04 Å². The van der Waals surface area contributed by atoms with Crippen LogP contribution in [0.15, 0.2) is 65.5 Å². The summed E-state index contributed by atoms with van der Waals surface area (Å²) in [5.41, 5.74) is 5.12. The first-order valence-corrected chi connectivity index (χ1v) is 12.1. The fraction of sp³-hybridized carbons (Fsp3) is 0.276. The standard InChI is InChI=1S/C29H30N4O4/c1-20-16-30-29(37-20)24-13-23-8-7-22(25-17-31-32(19-25)11-4-12-35-2)14-27(23)33(28(34)15-24)18-21-5-9-26(36-3)10-6-21/h5-10,13-14,16-17,19H,4,11-12,15,18H2,1-3H3/i2D3. The van der Waals surface area contributed by atoms with Crippen LogP contribution in [0.25, 0.3) is 22.8 Å². The van der Waals surface area contributed by atoms with E-state index in [-0.39, 0.29) is 18.9 Å². The van der Waals surface area contributed by atoms with Gasteiger partial charge in [0.2, 0.25) is 11.8 Å². The number of methoxy groups -OCH3 is 2. The Labute approximate surface area is 220 Å². The monoisotopic (exact) mass is 501 g/mol. The van der Waals surface area contributed by atoms with Gasteiger partial charge in [-0.15, -0.1) is 0 Å². The molecular formula is C29H30N4O4. The summed E-state index contributed by atoms with van der Waals surface area (Å²) < 4.78 is 39.1. The number of aryl methyl sites for hydroxylation is 2. The van der Waals surface area contributed by atoms with Gasteiger partial charge in [-0.25, -0.2) is 4.98 Å². The second-order valence-electron chi connectivity index (χ2n) is 8.92. The van der Waals surface area contributed by atoms with Crippen molar-refractivity contribution in [1.82, 2.24) is 14.8 Å². The van der Waals surface area contributed by atoms with Gasteiger partial charge in [0.1, 0.15) is 11.5 Å². The second kappa shape index (κ2) is 10.8. The summed E-state index contributed by atoms with van der Waals surface area (Å²) in [5.74, 6) is 1.80. The Bertz CT molecular complexity index is 1520. The van der Waals surface area contributed by atoms with Crippen LogP contribution in [0.1, 0.15) is 39.7 Å². The molecule has 1 amide bonds. The average Bonchev–Trinajstić information content (AvgIpc) is 3.56. The molecule has 1 aliphatic rings.